The predicted octanol–water partition coefficient (Wildman–Crippen LogP) is 2.34. The highest BCUT2D eigenvalue weighted by molar-refractivity contribution is 5.92. The van der Waals surface area contributed by atoms with Crippen molar-refractivity contribution < 1.29 is 4.39 Å². The van der Waals surface area contributed by atoms with E-state index in [9.17, 15) is 9.18 Å². The summed E-state index contributed by atoms with van der Waals surface area (Å²) in [5.74, 6) is -0.314. The smallest absolute Gasteiger partial charge is 0.266 e. The summed E-state index contributed by atoms with van der Waals surface area (Å²) < 4.78 is 15.5. The van der Waals surface area contributed by atoms with Gasteiger partial charge in [-0.1, -0.05) is 12.1 Å². The summed E-state index contributed by atoms with van der Waals surface area (Å²) in [6.07, 6.45) is 0.752. The molecule has 5 nitrogen and oxygen atoms in total. The van der Waals surface area contributed by atoms with Crippen molar-refractivity contribution in [3.05, 3.63) is 63.5 Å². The molecule has 0 atom stereocenters. The van der Waals surface area contributed by atoms with Crippen LogP contribution in [0.1, 0.15) is 17.0 Å². The Morgan fingerprint density at radius 1 is 1.25 bits per heavy atom. The van der Waals surface area contributed by atoms with Crippen LogP contribution in [0.15, 0.2) is 35.1 Å². The van der Waals surface area contributed by atoms with E-state index in [1.165, 1.54) is 10.7 Å². The molecule has 3 heterocycles. The number of pyridine rings is 1. The first-order valence-corrected chi connectivity index (χ1v) is 7.90. The van der Waals surface area contributed by atoms with Gasteiger partial charge in [0.2, 0.25) is 0 Å². The number of nitrogens with zero attached hydrogens (tertiary/aromatic N) is 4. The lowest BCUT2D eigenvalue weighted by Gasteiger charge is -2.31. The summed E-state index contributed by atoms with van der Waals surface area (Å²) in [4.78, 5) is 18.4. The van der Waals surface area contributed by atoms with Gasteiger partial charge in [-0.2, -0.15) is 5.10 Å². The predicted molar refractivity (Wildman–Crippen MR) is 90.7 cm³/mol. The molecule has 1 aromatic carbocycles. The average Bonchev–Trinajstić information content (AvgIpc) is 2.56. The van der Waals surface area contributed by atoms with E-state index in [4.69, 9.17) is 0 Å². The standard InChI is InChI=1S/C18H17FN4O/c1-11-8-16(13-4-3-5-14(19)18(13)20-11)23-7-6-15-12(10-23)9-17(24)22(2)21-15/h3-5,8-9H,6-7,10H2,1-2H3. The van der Waals surface area contributed by atoms with Gasteiger partial charge in [0.25, 0.3) is 5.56 Å². The number of hydrogen-bond donors (Lipinski definition) is 0. The Morgan fingerprint density at radius 2 is 2.08 bits per heavy atom. The summed E-state index contributed by atoms with van der Waals surface area (Å²) in [6, 6.07) is 8.63. The van der Waals surface area contributed by atoms with Crippen LogP contribution in [0.4, 0.5) is 10.1 Å². The average molecular weight is 324 g/mol. The lowest BCUT2D eigenvalue weighted by molar-refractivity contribution is 0.624. The minimum Gasteiger partial charge on any atom is -0.366 e. The Morgan fingerprint density at radius 3 is 2.92 bits per heavy atom. The van der Waals surface area contributed by atoms with Crippen LogP contribution in [0.25, 0.3) is 10.9 Å². The van der Waals surface area contributed by atoms with Crippen LogP contribution in [0.5, 0.6) is 0 Å². The maximum absolute atomic E-state index is 14.1. The Labute approximate surface area is 138 Å². The van der Waals surface area contributed by atoms with Gasteiger partial charge in [0.1, 0.15) is 11.3 Å². The molecule has 0 amide bonds. The van der Waals surface area contributed by atoms with Crippen LogP contribution >= 0.6 is 0 Å². The molecule has 2 aromatic heterocycles. The summed E-state index contributed by atoms with van der Waals surface area (Å²) in [5.41, 5.74) is 3.88. The highest BCUT2D eigenvalue weighted by atomic mass is 19.1. The number of aromatic nitrogens is 3. The van der Waals surface area contributed by atoms with Gasteiger partial charge in [0, 0.05) is 55.0 Å². The lowest BCUT2D eigenvalue weighted by atomic mass is 10.0. The second-order valence-corrected chi connectivity index (χ2v) is 6.17. The van der Waals surface area contributed by atoms with Crippen molar-refractivity contribution in [3.8, 4) is 0 Å². The molecular formula is C18H17FN4O. The van der Waals surface area contributed by atoms with Crippen molar-refractivity contribution in [2.45, 2.75) is 19.9 Å². The van der Waals surface area contributed by atoms with Gasteiger partial charge in [-0.15, -0.1) is 0 Å². The molecule has 0 unspecified atom stereocenters. The molecule has 0 saturated carbocycles. The van der Waals surface area contributed by atoms with Gasteiger partial charge in [-0.05, 0) is 19.1 Å². The first-order valence-electron chi connectivity index (χ1n) is 7.90. The second kappa shape index (κ2) is 5.40. The summed E-state index contributed by atoms with van der Waals surface area (Å²) in [5, 5.41) is 5.13. The molecule has 3 aromatic rings. The van der Waals surface area contributed by atoms with Crippen LogP contribution in [-0.2, 0) is 20.0 Å². The number of hydrogen-bond acceptors (Lipinski definition) is 4. The molecule has 0 saturated heterocycles. The van der Waals surface area contributed by atoms with Crippen molar-refractivity contribution >= 4 is 16.6 Å². The normalized spacial score (nSPS) is 14.0. The molecule has 0 bridgehead atoms. The van der Waals surface area contributed by atoms with Gasteiger partial charge in [-0.3, -0.25) is 4.79 Å². The molecule has 0 aliphatic carbocycles. The molecule has 0 N–H and O–H groups in total. The molecule has 0 fully saturated rings. The summed E-state index contributed by atoms with van der Waals surface area (Å²) >= 11 is 0. The third kappa shape index (κ3) is 2.35. The highest BCUT2D eigenvalue weighted by Crippen LogP contribution is 2.31. The first kappa shape index (κ1) is 14.8. The molecule has 6 heteroatoms. The van der Waals surface area contributed by atoms with E-state index in [-0.39, 0.29) is 11.4 Å². The molecule has 0 radical (unpaired) electrons. The van der Waals surface area contributed by atoms with Crippen molar-refractivity contribution in [1.82, 2.24) is 14.8 Å². The van der Waals surface area contributed by atoms with Gasteiger partial charge in [0.05, 0.1) is 5.69 Å². The number of rotatable bonds is 1. The van der Waals surface area contributed by atoms with E-state index in [2.05, 4.69) is 15.0 Å². The Bertz CT molecular complexity index is 1010. The van der Waals surface area contributed by atoms with Crippen LogP contribution < -0.4 is 10.5 Å². The topological polar surface area (TPSA) is 51.0 Å². The van der Waals surface area contributed by atoms with Crippen molar-refractivity contribution in [3.63, 3.8) is 0 Å². The van der Waals surface area contributed by atoms with Crippen molar-refractivity contribution in [2.75, 3.05) is 11.4 Å². The molecule has 4 rings (SSSR count). The first-order chi connectivity index (χ1) is 11.5. The maximum atomic E-state index is 14.1. The molecule has 1 aliphatic rings. The zero-order chi connectivity index (χ0) is 16.8. The zero-order valence-electron chi connectivity index (χ0n) is 13.6. The van der Waals surface area contributed by atoms with Gasteiger partial charge in [0.15, 0.2) is 0 Å². The zero-order valence-corrected chi connectivity index (χ0v) is 13.6. The third-order valence-electron chi connectivity index (χ3n) is 4.47. The fraction of sp³-hybridized carbons (Fsp3) is 0.278. The van der Waals surface area contributed by atoms with Crippen molar-refractivity contribution in [2.24, 2.45) is 7.05 Å². The molecular weight excluding hydrogens is 307 g/mol. The van der Waals surface area contributed by atoms with Crippen LogP contribution in [0, 0.1) is 12.7 Å². The van der Waals surface area contributed by atoms with E-state index in [0.717, 1.165) is 41.0 Å². The van der Waals surface area contributed by atoms with Crippen LogP contribution in [0.3, 0.4) is 0 Å². The lowest BCUT2D eigenvalue weighted by Crippen LogP contribution is -2.34. The fourth-order valence-electron chi connectivity index (χ4n) is 3.28. The number of fused-ring (bicyclic) bond motifs is 2. The number of aryl methyl sites for hydroxylation is 2. The Hall–Kier alpha value is -2.76. The molecule has 24 heavy (non-hydrogen) atoms. The minimum absolute atomic E-state index is 0.114. The van der Waals surface area contributed by atoms with E-state index in [1.807, 2.05) is 19.1 Å². The largest absolute Gasteiger partial charge is 0.366 e. The second-order valence-electron chi connectivity index (χ2n) is 6.17. The summed E-state index contributed by atoms with van der Waals surface area (Å²) in [7, 11) is 1.66. The van der Waals surface area contributed by atoms with E-state index in [1.54, 1.807) is 19.2 Å². The Kier molecular flexibility index (Phi) is 3.33. The number of benzene rings is 1. The van der Waals surface area contributed by atoms with Gasteiger partial charge >= 0.3 is 0 Å². The number of anilines is 1. The van der Waals surface area contributed by atoms with Gasteiger partial charge < -0.3 is 4.90 Å². The number of halogens is 1. The molecule has 0 spiro atoms. The number of para-hydroxylation sites is 1. The highest BCUT2D eigenvalue weighted by Gasteiger charge is 2.21. The summed E-state index contributed by atoms with van der Waals surface area (Å²) in [6.45, 7) is 3.23. The van der Waals surface area contributed by atoms with Crippen LogP contribution in [-0.4, -0.2) is 21.3 Å². The maximum Gasteiger partial charge on any atom is 0.266 e. The molecule has 122 valence electrons. The fourth-order valence-corrected chi connectivity index (χ4v) is 3.28. The van der Waals surface area contributed by atoms with Gasteiger partial charge in [-0.25, -0.2) is 14.1 Å². The third-order valence-corrected chi connectivity index (χ3v) is 4.47. The monoisotopic (exact) mass is 324 g/mol. The minimum atomic E-state index is -0.314. The van der Waals surface area contributed by atoms with E-state index < -0.39 is 0 Å². The van der Waals surface area contributed by atoms with E-state index >= 15 is 0 Å². The van der Waals surface area contributed by atoms with Crippen molar-refractivity contribution in [1.29, 1.82) is 0 Å². The SMILES string of the molecule is Cc1cc(N2CCc3nn(C)c(=O)cc3C2)c2cccc(F)c2n1. The quantitative estimate of drug-likeness (QED) is 0.689. The Balaban J connectivity index is 1.83. The van der Waals surface area contributed by atoms with E-state index in [0.29, 0.717) is 12.1 Å². The van der Waals surface area contributed by atoms with Crippen LogP contribution in [0.2, 0.25) is 0 Å². The molecule has 1 aliphatic heterocycles.